The van der Waals surface area contributed by atoms with Gasteiger partial charge in [-0.3, -0.25) is 0 Å². The van der Waals surface area contributed by atoms with E-state index in [9.17, 15) is 0 Å². The third-order valence-corrected chi connectivity index (χ3v) is 3.48. The Kier molecular flexibility index (Phi) is 2.80. The highest BCUT2D eigenvalue weighted by Crippen LogP contribution is 2.29. The molecule has 1 aliphatic rings. The van der Waals surface area contributed by atoms with E-state index in [0.29, 0.717) is 5.82 Å². The van der Waals surface area contributed by atoms with Gasteiger partial charge in [0.25, 0.3) is 0 Å². The second-order valence-corrected chi connectivity index (χ2v) is 4.57. The Bertz CT molecular complexity index is 764. The molecule has 5 nitrogen and oxygen atoms in total. The maximum absolute atomic E-state index is 6.03. The largest absolute Gasteiger partial charge is 0.382 e. The van der Waals surface area contributed by atoms with E-state index >= 15 is 0 Å². The summed E-state index contributed by atoms with van der Waals surface area (Å²) in [6.45, 7) is 2.69. The van der Waals surface area contributed by atoms with Gasteiger partial charge in [0.1, 0.15) is 11.3 Å². The fourth-order valence-corrected chi connectivity index (χ4v) is 2.67. The highest BCUT2D eigenvalue weighted by molar-refractivity contribution is 6.06. The summed E-state index contributed by atoms with van der Waals surface area (Å²) in [7, 11) is 0. The van der Waals surface area contributed by atoms with E-state index in [0.717, 1.165) is 47.4 Å². The van der Waals surface area contributed by atoms with Crippen LogP contribution in [0.15, 0.2) is 24.3 Å². The van der Waals surface area contributed by atoms with E-state index in [2.05, 4.69) is 25.9 Å². The number of benzene rings is 1. The van der Waals surface area contributed by atoms with E-state index in [-0.39, 0.29) is 12.4 Å². The molecule has 1 aliphatic heterocycles. The summed E-state index contributed by atoms with van der Waals surface area (Å²) < 4.78 is 2.26. The van der Waals surface area contributed by atoms with E-state index in [1.807, 2.05) is 18.2 Å². The van der Waals surface area contributed by atoms with Crippen LogP contribution in [0.25, 0.3) is 21.9 Å². The smallest absolute Gasteiger partial charge is 0.152 e. The van der Waals surface area contributed by atoms with Crippen molar-refractivity contribution in [3.63, 3.8) is 0 Å². The predicted octanol–water partition coefficient (Wildman–Crippen LogP) is 1.69. The van der Waals surface area contributed by atoms with E-state index in [1.165, 1.54) is 0 Å². The fourth-order valence-electron chi connectivity index (χ4n) is 2.67. The van der Waals surface area contributed by atoms with Crippen LogP contribution < -0.4 is 11.1 Å². The molecule has 0 atom stereocenters. The summed E-state index contributed by atoms with van der Waals surface area (Å²) in [5, 5.41) is 4.45. The molecule has 0 bridgehead atoms. The zero-order chi connectivity index (χ0) is 12.1. The van der Waals surface area contributed by atoms with Crippen molar-refractivity contribution in [3.05, 3.63) is 30.1 Å². The molecule has 4 rings (SSSR count). The first-order valence-corrected chi connectivity index (χ1v) is 6.08. The topological polar surface area (TPSA) is 68.8 Å². The second-order valence-electron chi connectivity index (χ2n) is 4.57. The van der Waals surface area contributed by atoms with Crippen molar-refractivity contribution in [2.24, 2.45) is 0 Å². The van der Waals surface area contributed by atoms with Gasteiger partial charge < -0.3 is 15.6 Å². The van der Waals surface area contributed by atoms with Crippen LogP contribution in [0.3, 0.4) is 0 Å². The number of aromatic nitrogens is 3. The van der Waals surface area contributed by atoms with Gasteiger partial charge in [-0.05, 0) is 6.07 Å². The van der Waals surface area contributed by atoms with Gasteiger partial charge >= 0.3 is 0 Å². The number of nitrogens with zero attached hydrogens (tertiary/aromatic N) is 3. The zero-order valence-electron chi connectivity index (χ0n) is 10.3. The number of nitrogens with one attached hydrogen (secondary N) is 1. The molecule has 6 heteroatoms. The van der Waals surface area contributed by atoms with Crippen molar-refractivity contribution in [2.45, 2.75) is 13.1 Å². The van der Waals surface area contributed by atoms with Crippen LogP contribution in [0.2, 0.25) is 0 Å². The molecule has 3 N–H and O–H groups in total. The number of para-hydroxylation sites is 1. The molecule has 0 saturated carbocycles. The lowest BCUT2D eigenvalue weighted by Gasteiger charge is -2.16. The predicted molar refractivity (Wildman–Crippen MR) is 78.4 cm³/mol. The van der Waals surface area contributed by atoms with Crippen LogP contribution in [0.1, 0.15) is 5.82 Å². The van der Waals surface area contributed by atoms with Crippen molar-refractivity contribution < 1.29 is 0 Å². The second kappa shape index (κ2) is 4.36. The maximum Gasteiger partial charge on any atom is 0.152 e. The number of anilines is 1. The maximum atomic E-state index is 6.03. The third-order valence-electron chi connectivity index (χ3n) is 3.48. The highest BCUT2D eigenvalue weighted by atomic mass is 35.5. The highest BCUT2D eigenvalue weighted by Gasteiger charge is 2.18. The van der Waals surface area contributed by atoms with Gasteiger partial charge in [-0.25, -0.2) is 9.97 Å². The van der Waals surface area contributed by atoms with E-state index in [1.54, 1.807) is 0 Å². The lowest BCUT2D eigenvalue weighted by Crippen LogP contribution is -2.28. The Morgan fingerprint density at radius 3 is 2.95 bits per heavy atom. The Morgan fingerprint density at radius 1 is 1.21 bits per heavy atom. The molecule has 0 radical (unpaired) electrons. The Hall–Kier alpha value is -1.85. The zero-order valence-corrected chi connectivity index (χ0v) is 11.1. The van der Waals surface area contributed by atoms with Crippen LogP contribution in [-0.2, 0) is 13.1 Å². The number of hydrogen-bond donors (Lipinski definition) is 2. The molecular formula is C13H14ClN5. The number of fused-ring (bicyclic) bond motifs is 5. The Morgan fingerprint density at radius 2 is 2.05 bits per heavy atom. The molecule has 3 aromatic rings. The summed E-state index contributed by atoms with van der Waals surface area (Å²) in [6.07, 6.45) is 0. The molecule has 0 spiro atoms. The number of hydrogen-bond acceptors (Lipinski definition) is 4. The minimum Gasteiger partial charge on any atom is -0.382 e. The van der Waals surface area contributed by atoms with Gasteiger partial charge in [0.15, 0.2) is 5.82 Å². The average Bonchev–Trinajstić information content (AvgIpc) is 2.79. The summed E-state index contributed by atoms with van der Waals surface area (Å²) in [4.78, 5) is 9.04. The van der Waals surface area contributed by atoms with Crippen molar-refractivity contribution in [1.82, 2.24) is 19.9 Å². The van der Waals surface area contributed by atoms with E-state index < -0.39 is 0 Å². The molecular weight excluding hydrogens is 262 g/mol. The molecule has 3 heterocycles. The fraction of sp³-hybridized carbons (Fsp3) is 0.231. The first kappa shape index (κ1) is 12.2. The SMILES string of the molecule is Cl.Nc1nc2ccccc2c2c1nc1n2CCNC1. The van der Waals surface area contributed by atoms with Crippen LogP contribution in [0.4, 0.5) is 5.82 Å². The normalized spacial score (nSPS) is 14.3. The number of pyridine rings is 1. The van der Waals surface area contributed by atoms with Gasteiger partial charge in [-0.2, -0.15) is 0 Å². The van der Waals surface area contributed by atoms with Gasteiger partial charge in [-0.1, -0.05) is 18.2 Å². The molecule has 0 aliphatic carbocycles. The van der Waals surface area contributed by atoms with Gasteiger partial charge in [0, 0.05) is 18.5 Å². The van der Waals surface area contributed by atoms with Crippen LogP contribution in [0.5, 0.6) is 0 Å². The Labute approximate surface area is 116 Å². The molecule has 2 aromatic heterocycles. The summed E-state index contributed by atoms with van der Waals surface area (Å²) >= 11 is 0. The first-order valence-electron chi connectivity index (χ1n) is 6.08. The molecule has 98 valence electrons. The lowest BCUT2D eigenvalue weighted by atomic mass is 10.2. The van der Waals surface area contributed by atoms with Crippen LogP contribution in [-0.4, -0.2) is 21.1 Å². The van der Waals surface area contributed by atoms with E-state index in [4.69, 9.17) is 5.73 Å². The third kappa shape index (κ3) is 1.66. The monoisotopic (exact) mass is 275 g/mol. The van der Waals surface area contributed by atoms with Crippen molar-refractivity contribution >= 4 is 40.2 Å². The summed E-state index contributed by atoms with van der Waals surface area (Å²) in [6, 6.07) is 8.09. The molecule has 0 saturated heterocycles. The summed E-state index contributed by atoms with van der Waals surface area (Å²) in [5.74, 6) is 1.56. The van der Waals surface area contributed by atoms with Crippen molar-refractivity contribution in [3.8, 4) is 0 Å². The standard InChI is InChI=1S/C13H13N5.ClH/c14-13-11-12(8-3-1-2-4-9(8)16-13)18-6-5-15-7-10(18)17-11;/h1-4,15H,5-7H2,(H2,14,16);1H. The molecule has 19 heavy (non-hydrogen) atoms. The molecule has 0 amide bonds. The number of rotatable bonds is 0. The summed E-state index contributed by atoms with van der Waals surface area (Å²) in [5.41, 5.74) is 8.91. The number of nitrogens with two attached hydrogens (primary N) is 1. The average molecular weight is 276 g/mol. The quantitative estimate of drug-likeness (QED) is 0.655. The first-order chi connectivity index (χ1) is 8.84. The van der Waals surface area contributed by atoms with Crippen molar-refractivity contribution in [2.75, 3.05) is 12.3 Å². The number of imidazole rings is 1. The molecule has 0 unspecified atom stereocenters. The number of nitrogen functional groups attached to an aromatic ring is 1. The molecule has 0 fully saturated rings. The lowest BCUT2D eigenvalue weighted by molar-refractivity contribution is 0.515. The van der Waals surface area contributed by atoms with Gasteiger partial charge in [0.05, 0.1) is 17.6 Å². The van der Waals surface area contributed by atoms with Crippen LogP contribution in [0, 0.1) is 0 Å². The Balaban J connectivity index is 0.00000110. The molecule has 1 aromatic carbocycles. The van der Waals surface area contributed by atoms with Crippen LogP contribution >= 0.6 is 12.4 Å². The van der Waals surface area contributed by atoms with Gasteiger partial charge in [0.2, 0.25) is 0 Å². The number of halogens is 1. The minimum absolute atomic E-state index is 0. The van der Waals surface area contributed by atoms with Gasteiger partial charge in [-0.15, -0.1) is 12.4 Å². The van der Waals surface area contributed by atoms with Crippen molar-refractivity contribution in [1.29, 1.82) is 0 Å². The minimum atomic E-state index is 0.